The molecule has 0 bridgehead atoms. The largest absolute Gasteiger partial charge is 0.493 e. The molecule has 0 fully saturated rings. The van der Waals surface area contributed by atoms with Crippen molar-refractivity contribution < 1.29 is 28.2 Å². The molecule has 6 nitrogen and oxygen atoms in total. The van der Waals surface area contributed by atoms with E-state index >= 15 is 0 Å². The lowest BCUT2D eigenvalue weighted by Crippen LogP contribution is -2.41. The normalized spacial score (nSPS) is 18.7. The molecule has 162 valence electrons. The summed E-state index contributed by atoms with van der Waals surface area (Å²) >= 11 is 0. The Morgan fingerprint density at radius 2 is 1.68 bits per heavy atom. The third-order valence-electron chi connectivity index (χ3n) is 5.88. The van der Waals surface area contributed by atoms with Crippen molar-refractivity contribution in [1.29, 1.82) is 0 Å². The summed E-state index contributed by atoms with van der Waals surface area (Å²) in [5.74, 6) is 0.0109. The van der Waals surface area contributed by atoms with Crippen LogP contribution in [-0.4, -0.2) is 33.0 Å². The Morgan fingerprint density at radius 3 is 2.35 bits per heavy atom. The number of halogens is 1. The minimum atomic E-state index is -0.506. The van der Waals surface area contributed by atoms with Crippen LogP contribution in [0.4, 0.5) is 10.1 Å². The van der Waals surface area contributed by atoms with E-state index in [1.165, 1.54) is 32.3 Å². The number of hydrogen-bond donors (Lipinski definition) is 0. The van der Waals surface area contributed by atoms with Crippen LogP contribution in [0.5, 0.6) is 17.2 Å². The van der Waals surface area contributed by atoms with Gasteiger partial charge in [0.25, 0.3) is 0 Å². The quantitative estimate of drug-likeness (QED) is 0.711. The summed E-state index contributed by atoms with van der Waals surface area (Å²) in [7, 11) is 4.54. The lowest BCUT2D eigenvalue weighted by Gasteiger charge is -2.38. The van der Waals surface area contributed by atoms with Crippen molar-refractivity contribution in [2.45, 2.75) is 31.6 Å². The maximum Gasteiger partial charge on any atom is 0.232 e. The molecule has 2 aromatic carbocycles. The van der Waals surface area contributed by atoms with Crippen LogP contribution in [0.1, 0.15) is 37.2 Å². The second-order valence-electron chi connectivity index (χ2n) is 7.50. The van der Waals surface area contributed by atoms with Gasteiger partial charge in [-0.05, 0) is 31.0 Å². The summed E-state index contributed by atoms with van der Waals surface area (Å²) in [5.41, 5.74) is 1.95. The first kappa shape index (κ1) is 20.9. The van der Waals surface area contributed by atoms with Gasteiger partial charge in [0.1, 0.15) is 5.82 Å². The van der Waals surface area contributed by atoms with Gasteiger partial charge in [0.05, 0.1) is 27.0 Å². The molecule has 0 saturated carbocycles. The summed E-state index contributed by atoms with van der Waals surface area (Å²) in [5, 5.41) is 0. The molecule has 0 spiro atoms. The zero-order valence-corrected chi connectivity index (χ0v) is 17.7. The molecule has 4 rings (SSSR count). The number of ether oxygens (including phenoxy) is 3. The number of carbonyl (C=O) groups is 2. The first-order valence-electron chi connectivity index (χ1n) is 10.1. The molecule has 1 heterocycles. The van der Waals surface area contributed by atoms with E-state index in [4.69, 9.17) is 14.2 Å². The van der Waals surface area contributed by atoms with Crippen molar-refractivity contribution >= 4 is 17.4 Å². The molecule has 1 amide bonds. The van der Waals surface area contributed by atoms with E-state index in [2.05, 4.69) is 0 Å². The van der Waals surface area contributed by atoms with E-state index in [1.807, 2.05) is 0 Å². The lowest BCUT2D eigenvalue weighted by molar-refractivity contribution is -0.120. The highest BCUT2D eigenvalue weighted by Crippen LogP contribution is 2.49. The number of rotatable bonds is 5. The predicted octanol–water partition coefficient (Wildman–Crippen LogP) is 4.38. The van der Waals surface area contributed by atoms with Crippen LogP contribution < -0.4 is 19.1 Å². The van der Waals surface area contributed by atoms with Crippen LogP contribution in [0.15, 0.2) is 47.7 Å². The smallest absolute Gasteiger partial charge is 0.232 e. The summed E-state index contributed by atoms with van der Waals surface area (Å²) in [6, 6.07) is 9.67. The number of para-hydroxylation sites is 1. The zero-order chi connectivity index (χ0) is 22.1. The maximum atomic E-state index is 14.6. The third kappa shape index (κ3) is 3.44. The second-order valence-corrected chi connectivity index (χ2v) is 7.50. The first-order valence-corrected chi connectivity index (χ1v) is 10.1. The van der Waals surface area contributed by atoms with Crippen LogP contribution in [0.3, 0.4) is 0 Å². The third-order valence-corrected chi connectivity index (χ3v) is 5.88. The number of hydrogen-bond acceptors (Lipinski definition) is 5. The number of carbonyl (C=O) groups excluding carboxylic acids is 2. The van der Waals surface area contributed by atoms with Gasteiger partial charge >= 0.3 is 0 Å². The Bertz CT molecular complexity index is 1080. The van der Waals surface area contributed by atoms with Crippen molar-refractivity contribution in [3.8, 4) is 17.2 Å². The monoisotopic (exact) mass is 425 g/mol. The number of Topliss-reactive ketones (excluding diaryl/α,β-unsaturated/α-hetero) is 1. The molecule has 7 heteroatoms. The number of amides is 1. The Kier molecular flexibility index (Phi) is 5.67. The number of anilines is 1. The number of allylic oxidation sites excluding steroid dienone is 2. The molecule has 1 aliphatic heterocycles. The van der Waals surface area contributed by atoms with E-state index < -0.39 is 11.7 Å². The van der Waals surface area contributed by atoms with E-state index in [0.717, 1.165) is 0 Å². The molecule has 0 saturated heterocycles. The van der Waals surface area contributed by atoms with Gasteiger partial charge in [-0.1, -0.05) is 18.2 Å². The molecule has 1 aliphatic carbocycles. The van der Waals surface area contributed by atoms with Gasteiger partial charge in [0, 0.05) is 35.6 Å². The highest BCUT2D eigenvalue weighted by molar-refractivity contribution is 6.07. The molecular formula is C24H24FNO5. The van der Waals surface area contributed by atoms with Gasteiger partial charge in [-0.25, -0.2) is 4.39 Å². The Labute approximate surface area is 180 Å². The summed E-state index contributed by atoms with van der Waals surface area (Å²) in [6.45, 7) is 0. The fraction of sp³-hybridized carbons (Fsp3) is 0.333. The standard InChI is InChI=1S/C24H24FNO5/c1-29-20-12-11-14(23(30-2)24(20)31-3)15-13-21(28)26(17-8-5-4-7-16(17)25)18-9-6-10-19(27)22(15)18/h4-5,7-8,11-12,15H,6,9-10,13H2,1-3H3/t15-/m0/s1. The molecule has 1 atom stereocenters. The van der Waals surface area contributed by atoms with Crippen molar-refractivity contribution in [3.05, 3.63) is 59.0 Å². The molecule has 2 aliphatic rings. The summed E-state index contributed by atoms with van der Waals surface area (Å²) in [4.78, 5) is 27.7. The van der Waals surface area contributed by atoms with Crippen molar-refractivity contribution in [2.75, 3.05) is 26.2 Å². The summed E-state index contributed by atoms with van der Waals surface area (Å²) < 4.78 is 31.0. The molecule has 0 radical (unpaired) electrons. The van der Waals surface area contributed by atoms with E-state index in [9.17, 15) is 14.0 Å². The lowest BCUT2D eigenvalue weighted by atomic mass is 9.76. The first-order chi connectivity index (χ1) is 15.0. The average Bonchev–Trinajstić information content (AvgIpc) is 2.78. The van der Waals surface area contributed by atoms with E-state index in [1.54, 1.807) is 30.3 Å². The highest BCUT2D eigenvalue weighted by atomic mass is 19.1. The molecule has 31 heavy (non-hydrogen) atoms. The second kappa shape index (κ2) is 8.41. The highest BCUT2D eigenvalue weighted by Gasteiger charge is 2.41. The van der Waals surface area contributed by atoms with Gasteiger partial charge in [-0.3, -0.25) is 14.5 Å². The van der Waals surface area contributed by atoms with Crippen molar-refractivity contribution in [2.24, 2.45) is 0 Å². The minimum Gasteiger partial charge on any atom is -0.493 e. The molecule has 0 unspecified atom stereocenters. The molecular weight excluding hydrogens is 401 g/mol. The van der Waals surface area contributed by atoms with Gasteiger partial charge in [0.15, 0.2) is 17.3 Å². The number of ketones is 1. The summed E-state index contributed by atoms with van der Waals surface area (Å²) in [6.07, 6.45) is 1.55. The zero-order valence-electron chi connectivity index (χ0n) is 17.7. The SMILES string of the molecule is COc1ccc([C@@H]2CC(=O)N(c3ccccc3F)C3=C2C(=O)CCC3)c(OC)c1OC. The number of benzene rings is 2. The van der Waals surface area contributed by atoms with E-state index in [0.29, 0.717) is 53.3 Å². The maximum absolute atomic E-state index is 14.6. The fourth-order valence-corrected chi connectivity index (χ4v) is 4.57. The Balaban J connectivity index is 1.92. The fourth-order valence-electron chi connectivity index (χ4n) is 4.57. The predicted molar refractivity (Wildman–Crippen MR) is 113 cm³/mol. The molecule has 0 N–H and O–H groups in total. The number of methoxy groups -OCH3 is 3. The van der Waals surface area contributed by atoms with Crippen LogP contribution >= 0.6 is 0 Å². The van der Waals surface area contributed by atoms with Crippen molar-refractivity contribution in [1.82, 2.24) is 0 Å². The average molecular weight is 425 g/mol. The van der Waals surface area contributed by atoms with Crippen LogP contribution in [0, 0.1) is 5.82 Å². The van der Waals surface area contributed by atoms with Crippen LogP contribution in [0.2, 0.25) is 0 Å². The molecule has 2 aromatic rings. The van der Waals surface area contributed by atoms with Crippen molar-refractivity contribution in [3.63, 3.8) is 0 Å². The van der Waals surface area contributed by atoms with E-state index in [-0.39, 0.29) is 23.8 Å². The Morgan fingerprint density at radius 1 is 0.935 bits per heavy atom. The Hall–Kier alpha value is -3.35. The molecule has 0 aromatic heterocycles. The van der Waals surface area contributed by atoms with Gasteiger partial charge in [0.2, 0.25) is 11.7 Å². The van der Waals surface area contributed by atoms with Crippen LogP contribution in [-0.2, 0) is 9.59 Å². The van der Waals surface area contributed by atoms with Gasteiger partial charge < -0.3 is 14.2 Å². The number of nitrogens with zero attached hydrogens (tertiary/aromatic N) is 1. The topological polar surface area (TPSA) is 65.1 Å². The van der Waals surface area contributed by atoms with Crippen LogP contribution in [0.25, 0.3) is 0 Å². The minimum absolute atomic E-state index is 0.0186. The van der Waals surface area contributed by atoms with Gasteiger partial charge in [-0.2, -0.15) is 0 Å². The van der Waals surface area contributed by atoms with Gasteiger partial charge in [-0.15, -0.1) is 0 Å².